The molecule has 4 heteroatoms. The predicted octanol–water partition coefficient (Wildman–Crippen LogP) is 2.34. The number of carboxylic acid groups (broad SMARTS) is 1. The minimum atomic E-state index is -1.11. The van der Waals surface area contributed by atoms with E-state index in [4.69, 9.17) is 10.8 Å². The number of carboxylic acids is 1. The highest BCUT2D eigenvalue weighted by atomic mass is 32.2. The fourth-order valence-electron chi connectivity index (χ4n) is 1.26. The molecule has 0 rings (SSSR count). The maximum atomic E-state index is 10.8. The Labute approximate surface area is 96.8 Å². The van der Waals surface area contributed by atoms with Crippen LogP contribution in [-0.2, 0) is 4.79 Å². The third-order valence-electron chi connectivity index (χ3n) is 2.59. The van der Waals surface area contributed by atoms with E-state index < -0.39 is 11.5 Å². The lowest BCUT2D eigenvalue weighted by Crippen LogP contribution is -2.46. The lowest BCUT2D eigenvalue weighted by molar-refractivity contribution is -0.142. The number of rotatable bonds is 6. The summed E-state index contributed by atoms with van der Waals surface area (Å²) in [4.78, 5) is 10.8. The molecule has 0 heterocycles. The molecule has 0 fully saturated rings. The first kappa shape index (κ1) is 14.8. The molecule has 0 saturated heterocycles. The molecule has 0 saturated carbocycles. The van der Waals surface area contributed by atoms with Crippen LogP contribution in [0.25, 0.3) is 0 Å². The van der Waals surface area contributed by atoms with Gasteiger partial charge in [0.05, 0.1) is 0 Å². The van der Waals surface area contributed by atoms with Crippen molar-refractivity contribution in [2.75, 3.05) is 0 Å². The van der Waals surface area contributed by atoms with Crippen LogP contribution >= 0.6 is 11.8 Å². The van der Waals surface area contributed by atoms with E-state index in [9.17, 15) is 4.79 Å². The molecular weight excluding hydrogens is 210 g/mol. The first-order valence-corrected chi connectivity index (χ1v) is 6.29. The van der Waals surface area contributed by atoms with E-state index in [2.05, 4.69) is 20.8 Å². The predicted molar refractivity (Wildman–Crippen MR) is 66.2 cm³/mol. The van der Waals surface area contributed by atoms with Gasteiger partial charge in [-0.15, -0.1) is 0 Å². The van der Waals surface area contributed by atoms with Crippen LogP contribution < -0.4 is 5.73 Å². The molecular formula is C11H23NO2S. The van der Waals surface area contributed by atoms with E-state index >= 15 is 0 Å². The van der Waals surface area contributed by atoms with E-state index in [1.54, 1.807) is 6.92 Å². The Morgan fingerprint density at radius 2 is 1.87 bits per heavy atom. The Balaban J connectivity index is 4.14. The Morgan fingerprint density at radius 1 is 1.40 bits per heavy atom. The van der Waals surface area contributed by atoms with Crippen molar-refractivity contribution in [3.05, 3.63) is 0 Å². The summed E-state index contributed by atoms with van der Waals surface area (Å²) in [6.07, 6.45) is 0.504. The van der Waals surface area contributed by atoms with Crippen LogP contribution in [-0.4, -0.2) is 27.1 Å². The van der Waals surface area contributed by atoms with Gasteiger partial charge in [-0.05, 0) is 19.3 Å². The number of aliphatic carboxylic acids is 1. The number of carbonyl (C=O) groups is 1. The van der Waals surface area contributed by atoms with Gasteiger partial charge in [0.15, 0.2) is 0 Å². The van der Waals surface area contributed by atoms with Crippen LogP contribution in [0.15, 0.2) is 0 Å². The summed E-state index contributed by atoms with van der Waals surface area (Å²) in [6, 6.07) is 0. The normalized spacial score (nSPS) is 19.7. The molecule has 0 aliphatic carbocycles. The van der Waals surface area contributed by atoms with E-state index in [-0.39, 0.29) is 5.25 Å². The second kappa shape index (κ2) is 5.75. The summed E-state index contributed by atoms with van der Waals surface area (Å²) in [5, 5.41) is 9.70. The van der Waals surface area contributed by atoms with Crippen LogP contribution in [0, 0.1) is 5.92 Å². The molecule has 0 aromatic heterocycles. The van der Waals surface area contributed by atoms with Gasteiger partial charge in [-0.2, -0.15) is 11.8 Å². The van der Waals surface area contributed by atoms with E-state index in [0.29, 0.717) is 17.6 Å². The van der Waals surface area contributed by atoms with Crippen molar-refractivity contribution in [3.63, 3.8) is 0 Å². The molecule has 3 unspecified atom stereocenters. The van der Waals surface area contributed by atoms with Gasteiger partial charge in [0.25, 0.3) is 0 Å². The van der Waals surface area contributed by atoms with Gasteiger partial charge in [0, 0.05) is 10.5 Å². The highest BCUT2D eigenvalue weighted by molar-refractivity contribution is 8.00. The average molecular weight is 233 g/mol. The van der Waals surface area contributed by atoms with E-state index in [1.165, 1.54) is 0 Å². The van der Waals surface area contributed by atoms with E-state index in [0.717, 1.165) is 0 Å². The van der Waals surface area contributed by atoms with Gasteiger partial charge in [-0.3, -0.25) is 4.79 Å². The van der Waals surface area contributed by atoms with Gasteiger partial charge in [0.2, 0.25) is 0 Å². The minimum Gasteiger partial charge on any atom is -0.480 e. The summed E-state index contributed by atoms with van der Waals surface area (Å²) >= 11 is 1.81. The number of hydrogen-bond acceptors (Lipinski definition) is 3. The largest absolute Gasteiger partial charge is 0.480 e. The van der Waals surface area contributed by atoms with Gasteiger partial charge in [0.1, 0.15) is 5.54 Å². The third-order valence-corrected chi connectivity index (χ3v) is 4.19. The molecule has 0 radical (unpaired) electrons. The Morgan fingerprint density at radius 3 is 2.20 bits per heavy atom. The molecule has 3 N–H and O–H groups in total. The second-order valence-corrected chi connectivity index (χ2v) is 6.64. The summed E-state index contributed by atoms with van der Waals surface area (Å²) in [7, 11) is 0. The minimum absolute atomic E-state index is 0.272. The van der Waals surface area contributed by atoms with Crippen molar-refractivity contribution in [2.45, 2.75) is 57.1 Å². The zero-order chi connectivity index (χ0) is 12.2. The molecule has 0 amide bonds. The molecule has 15 heavy (non-hydrogen) atoms. The summed E-state index contributed by atoms with van der Waals surface area (Å²) in [5.74, 6) is -0.321. The fraction of sp³-hybridized carbons (Fsp3) is 0.909. The Hall–Kier alpha value is -0.220. The lowest BCUT2D eigenvalue weighted by Gasteiger charge is -2.26. The topological polar surface area (TPSA) is 63.3 Å². The molecule has 0 aliphatic rings. The standard InChI is InChI=1S/C11H23NO2S/c1-7(2)9(4)15-8(3)6-11(5,12)10(13)14/h7-9H,6,12H2,1-5H3,(H,13,14). The zero-order valence-electron chi connectivity index (χ0n) is 10.3. The maximum Gasteiger partial charge on any atom is 0.323 e. The van der Waals surface area contributed by atoms with Gasteiger partial charge in [-0.25, -0.2) is 0 Å². The van der Waals surface area contributed by atoms with Crippen LogP contribution in [0.4, 0.5) is 0 Å². The lowest BCUT2D eigenvalue weighted by atomic mass is 9.98. The van der Waals surface area contributed by atoms with Gasteiger partial charge >= 0.3 is 5.97 Å². The number of nitrogens with two attached hydrogens (primary N) is 1. The molecule has 0 spiro atoms. The SMILES string of the molecule is CC(CC(C)(N)C(=O)O)SC(C)C(C)C. The molecule has 3 atom stereocenters. The average Bonchev–Trinajstić information content (AvgIpc) is 2.01. The van der Waals surface area contributed by atoms with Gasteiger partial charge in [-0.1, -0.05) is 27.7 Å². The van der Waals surface area contributed by atoms with Crippen molar-refractivity contribution >= 4 is 17.7 Å². The van der Waals surface area contributed by atoms with Crippen LogP contribution in [0.3, 0.4) is 0 Å². The second-order valence-electron chi connectivity index (χ2n) is 4.82. The Bertz CT molecular complexity index is 217. The first-order valence-electron chi connectivity index (χ1n) is 5.34. The highest BCUT2D eigenvalue weighted by Crippen LogP contribution is 2.28. The molecule has 0 aromatic rings. The van der Waals surface area contributed by atoms with Crippen LogP contribution in [0.2, 0.25) is 0 Å². The van der Waals surface area contributed by atoms with Crippen molar-refractivity contribution in [1.29, 1.82) is 0 Å². The summed E-state index contributed by atoms with van der Waals surface area (Å²) in [5.41, 5.74) is 4.59. The molecule has 0 aliphatic heterocycles. The summed E-state index contributed by atoms with van der Waals surface area (Å²) in [6.45, 7) is 10.1. The molecule has 3 nitrogen and oxygen atoms in total. The molecule has 0 aromatic carbocycles. The Kier molecular flexibility index (Phi) is 5.67. The van der Waals surface area contributed by atoms with Crippen molar-refractivity contribution in [3.8, 4) is 0 Å². The summed E-state index contributed by atoms with van der Waals surface area (Å²) < 4.78 is 0. The number of hydrogen-bond donors (Lipinski definition) is 2. The van der Waals surface area contributed by atoms with E-state index in [1.807, 2.05) is 18.7 Å². The maximum absolute atomic E-state index is 10.8. The third kappa shape index (κ3) is 5.42. The zero-order valence-corrected chi connectivity index (χ0v) is 11.1. The van der Waals surface area contributed by atoms with Crippen LogP contribution in [0.5, 0.6) is 0 Å². The van der Waals surface area contributed by atoms with Gasteiger partial charge < -0.3 is 10.8 Å². The smallest absolute Gasteiger partial charge is 0.323 e. The quantitative estimate of drug-likeness (QED) is 0.739. The first-order chi connectivity index (χ1) is 6.66. The molecule has 90 valence electrons. The fourth-order valence-corrected chi connectivity index (χ4v) is 2.75. The van der Waals surface area contributed by atoms with Crippen molar-refractivity contribution in [2.24, 2.45) is 11.7 Å². The van der Waals surface area contributed by atoms with Crippen molar-refractivity contribution in [1.82, 2.24) is 0 Å². The highest BCUT2D eigenvalue weighted by Gasteiger charge is 2.30. The van der Waals surface area contributed by atoms with Crippen molar-refractivity contribution < 1.29 is 9.90 Å². The molecule has 0 bridgehead atoms. The van der Waals surface area contributed by atoms with Crippen LogP contribution in [0.1, 0.15) is 41.0 Å². The monoisotopic (exact) mass is 233 g/mol. The number of thioether (sulfide) groups is 1.